The van der Waals surface area contributed by atoms with Crippen molar-refractivity contribution in [3.63, 3.8) is 0 Å². The van der Waals surface area contributed by atoms with Gasteiger partial charge in [-0.15, -0.1) is 0 Å². The first-order chi connectivity index (χ1) is 18.2. The lowest BCUT2D eigenvalue weighted by atomic mass is 9.98. The number of benzene rings is 3. The summed E-state index contributed by atoms with van der Waals surface area (Å²) in [6, 6.07) is 19.1. The Kier molecular flexibility index (Phi) is 8.00. The van der Waals surface area contributed by atoms with Crippen molar-refractivity contribution in [1.29, 1.82) is 0 Å². The summed E-state index contributed by atoms with van der Waals surface area (Å²) in [7, 11) is -5.93. The molecule has 0 saturated carbocycles. The Bertz CT molecular complexity index is 1460. The normalized spacial score (nSPS) is 17.8. The number of halogens is 3. The number of aliphatic hydroxyl groups excluding tert-OH is 1. The molecule has 39 heavy (non-hydrogen) atoms. The smallest absolute Gasteiger partial charge is 0.484 e. The molecule has 210 valence electrons. The quantitative estimate of drug-likeness (QED) is 0.205. The first-order valence-electron chi connectivity index (χ1n) is 12.2. The van der Waals surface area contributed by atoms with Gasteiger partial charge >= 0.3 is 15.6 Å². The Morgan fingerprint density at radius 3 is 2.33 bits per heavy atom. The second kappa shape index (κ2) is 10.8. The maximum absolute atomic E-state index is 13.1. The van der Waals surface area contributed by atoms with Gasteiger partial charge in [0.15, 0.2) is 5.76 Å². The van der Waals surface area contributed by atoms with Gasteiger partial charge in [0.2, 0.25) is 6.41 Å². The first kappa shape index (κ1) is 28.9. The number of rotatable bonds is 8. The van der Waals surface area contributed by atoms with Gasteiger partial charge in [-0.2, -0.15) is 21.6 Å². The standard InChI is InChI=1S/C28H30F3NO6S/c1-18(21-14-9-11-19-10-5-6-12-22(19)21)32(26(33)37-27(2,3)4)17-20-16-25(38-39(34,35)28(29,30)31)23-13-7-8-15-24(23)36-20/h5-16,18,20,26,33H,17H2,1-4H3/t18-,20-,26?/m1/s1. The van der Waals surface area contributed by atoms with E-state index in [9.17, 15) is 26.7 Å². The molecule has 3 aromatic carbocycles. The van der Waals surface area contributed by atoms with Crippen LogP contribution >= 0.6 is 0 Å². The molecule has 7 nitrogen and oxygen atoms in total. The van der Waals surface area contributed by atoms with E-state index >= 15 is 0 Å². The van der Waals surface area contributed by atoms with E-state index in [-0.39, 0.29) is 17.9 Å². The summed E-state index contributed by atoms with van der Waals surface area (Å²) >= 11 is 0. The molecule has 4 rings (SSSR count). The molecule has 1 unspecified atom stereocenters. The van der Waals surface area contributed by atoms with E-state index < -0.39 is 45.5 Å². The van der Waals surface area contributed by atoms with Crippen LogP contribution < -0.4 is 4.74 Å². The third kappa shape index (κ3) is 6.55. The second-order valence-electron chi connectivity index (χ2n) is 10.2. The lowest BCUT2D eigenvalue weighted by molar-refractivity contribution is -0.250. The minimum absolute atomic E-state index is 0.0571. The van der Waals surface area contributed by atoms with Gasteiger partial charge in [-0.25, -0.2) is 4.90 Å². The van der Waals surface area contributed by atoms with Gasteiger partial charge in [0.1, 0.15) is 11.9 Å². The highest BCUT2D eigenvalue weighted by molar-refractivity contribution is 7.87. The van der Waals surface area contributed by atoms with Crippen LogP contribution in [0.5, 0.6) is 5.75 Å². The molecule has 1 aliphatic rings. The Hall–Kier alpha value is -3.12. The van der Waals surface area contributed by atoms with Crippen molar-refractivity contribution >= 4 is 26.6 Å². The summed E-state index contributed by atoms with van der Waals surface area (Å²) in [5.41, 5.74) is -5.41. The van der Waals surface area contributed by atoms with E-state index in [0.29, 0.717) is 0 Å². The molecule has 3 atom stereocenters. The van der Waals surface area contributed by atoms with Crippen molar-refractivity contribution in [3.8, 4) is 5.75 Å². The summed E-state index contributed by atoms with van der Waals surface area (Å²) < 4.78 is 79.5. The van der Waals surface area contributed by atoms with Gasteiger partial charge in [0.05, 0.1) is 11.2 Å². The highest BCUT2D eigenvalue weighted by Crippen LogP contribution is 2.38. The van der Waals surface area contributed by atoms with E-state index in [1.54, 1.807) is 31.7 Å². The number of alkyl halides is 3. The third-order valence-corrected chi connectivity index (χ3v) is 7.12. The fraction of sp³-hybridized carbons (Fsp3) is 0.357. The van der Waals surface area contributed by atoms with Crippen LogP contribution in [-0.2, 0) is 19.0 Å². The van der Waals surface area contributed by atoms with Gasteiger partial charge in [0.25, 0.3) is 0 Å². The molecule has 1 N–H and O–H groups in total. The van der Waals surface area contributed by atoms with Crippen LogP contribution in [0.1, 0.15) is 44.9 Å². The average Bonchev–Trinajstić information content (AvgIpc) is 2.84. The van der Waals surface area contributed by atoms with Gasteiger partial charge in [-0.05, 0) is 56.2 Å². The SMILES string of the molecule is C[C@H](c1cccc2ccccc12)N(C[C@H]1C=C(OS(=O)(=O)C(F)(F)F)c2ccccc2O1)C(O)OC(C)(C)C. The van der Waals surface area contributed by atoms with Crippen LogP contribution in [0.15, 0.2) is 72.8 Å². The van der Waals surface area contributed by atoms with E-state index in [4.69, 9.17) is 9.47 Å². The van der Waals surface area contributed by atoms with Gasteiger partial charge in [-0.1, -0.05) is 54.6 Å². The molecule has 11 heteroatoms. The zero-order chi connectivity index (χ0) is 28.6. The van der Waals surface area contributed by atoms with Crippen LogP contribution in [0.4, 0.5) is 13.2 Å². The fourth-order valence-electron chi connectivity index (χ4n) is 4.38. The van der Waals surface area contributed by atoms with Gasteiger partial charge < -0.3 is 18.8 Å². The molecule has 0 amide bonds. The van der Waals surface area contributed by atoms with Gasteiger partial charge in [-0.3, -0.25) is 0 Å². The number of aliphatic hydroxyl groups is 1. The van der Waals surface area contributed by atoms with E-state index in [2.05, 4.69) is 4.18 Å². The van der Waals surface area contributed by atoms with Crippen molar-refractivity contribution in [1.82, 2.24) is 4.90 Å². The second-order valence-corrected chi connectivity index (χ2v) is 11.7. The van der Waals surface area contributed by atoms with Crippen molar-refractivity contribution < 1.29 is 40.4 Å². The molecule has 0 fully saturated rings. The summed E-state index contributed by atoms with van der Waals surface area (Å²) in [6.45, 7) is 7.12. The zero-order valence-corrected chi connectivity index (χ0v) is 22.7. The predicted molar refractivity (Wildman–Crippen MR) is 141 cm³/mol. The van der Waals surface area contributed by atoms with Crippen LogP contribution in [0.2, 0.25) is 0 Å². The number of fused-ring (bicyclic) bond motifs is 2. The Morgan fingerprint density at radius 1 is 1.00 bits per heavy atom. The van der Waals surface area contributed by atoms with E-state index in [0.717, 1.165) is 22.4 Å². The largest absolute Gasteiger partial charge is 0.534 e. The number of hydrogen-bond acceptors (Lipinski definition) is 7. The average molecular weight is 566 g/mol. The van der Waals surface area contributed by atoms with E-state index in [1.165, 1.54) is 18.2 Å². The van der Waals surface area contributed by atoms with Crippen molar-refractivity contribution in [3.05, 3.63) is 83.9 Å². The molecular formula is C28H30F3NO6S. The van der Waals surface area contributed by atoms with Crippen molar-refractivity contribution in [2.24, 2.45) is 0 Å². The molecular weight excluding hydrogens is 535 g/mol. The monoisotopic (exact) mass is 565 g/mol. The summed E-state index contributed by atoms with van der Waals surface area (Å²) in [5, 5.41) is 13.1. The summed E-state index contributed by atoms with van der Waals surface area (Å²) in [5.74, 6) is -0.371. The molecule has 0 aromatic heterocycles. The lowest BCUT2D eigenvalue weighted by Crippen LogP contribution is -2.47. The Balaban J connectivity index is 1.73. The number of hydrogen-bond donors (Lipinski definition) is 1. The fourth-order valence-corrected chi connectivity index (χ4v) is 4.86. The zero-order valence-electron chi connectivity index (χ0n) is 21.8. The van der Waals surface area contributed by atoms with E-state index in [1.807, 2.05) is 49.4 Å². The molecule has 1 aliphatic heterocycles. The lowest BCUT2D eigenvalue weighted by Gasteiger charge is -2.39. The molecule has 0 bridgehead atoms. The molecule has 0 radical (unpaired) electrons. The number of ether oxygens (including phenoxy) is 2. The van der Waals surface area contributed by atoms with Crippen LogP contribution in [0.25, 0.3) is 16.5 Å². The number of nitrogens with zero attached hydrogens (tertiary/aromatic N) is 1. The van der Waals surface area contributed by atoms with Crippen LogP contribution in [-0.4, -0.2) is 48.6 Å². The highest BCUT2D eigenvalue weighted by Gasteiger charge is 2.49. The number of para-hydroxylation sites is 1. The van der Waals surface area contributed by atoms with Crippen molar-refractivity contribution in [2.75, 3.05) is 6.54 Å². The molecule has 1 heterocycles. The predicted octanol–water partition coefficient (Wildman–Crippen LogP) is 5.96. The van der Waals surface area contributed by atoms with Crippen molar-refractivity contribution in [2.45, 2.75) is 57.4 Å². The minimum Gasteiger partial charge on any atom is -0.484 e. The molecule has 0 spiro atoms. The Labute approximate surface area is 225 Å². The molecule has 0 saturated heterocycles. The topological polar surface area (TPSA) is 85.3 Å². The maximum atomic E-state index is 13.1. The first-order valence-corrected chi connectivity index (χ1v) is 13.6. The molecule has 3 aromatic rings. The third-order valence-electron chi connectivity index (χ3n) is 6.16. The summed E-state index contributed by atoms with van der Waals surface area (Å²) in [4.78, 5) is 1.60. The highest BCUT2D eigenvalue weighted by atomic mass is 32.2. The maximum Gasteiger partial charge on any atom is 0.534 e. The van der Waals surface area contributed by atoms with Gasteiger partial charge in [0, 0.05) is 18.7 Å². The van der Waals surface area contributed by atoms with Crippen LogP contribution in [0, 0.1) is 0 Å². The minimum atomic E-state index is -5.93. The summed E-state index contributed by atoms with van der Waals surface area (Å²) in [6.07, 6.45) is -1.26. The Morgan fingerprint density at radius 2 is 1.64 bits per heavy atom. The molecule has 0 aliphatic carbocycles. The van der Waals surface area contributed by atoms with Crippen LogP contribution in [0.3, 0.4) is 0 Å².